The summed E-state index contributed by atoms with van der Waals surface area (Å²) in [6.45, 7) is 8.56. The van der Waals surface area contributed by atoms with Crippen molar-refractivity contribution in [1.29, 1.82) is 0 Å². The molecule has 0 fully saturated rings. The Morgan fingerprint density at radius 3 is 2.14 bits per heavy atom. The third kappa shape index (κ3) is 5.28. The van der Waals surface area contributed by atoms with Crippen LogP contribution in [0.25, 0.3) is 0 Å². The lowest BCUT2D eigenvalue weighted by Gasteiger charge is -2.22. The minimum Gasteiger partial charge on any atom is -0.502 e. The number of methoxy groups -OCH3 is 2. The lowest BCUT2D eigenvalue weighted by Crippen LogP contribution is -2.21. The molecule has 0 N–H and O–H groups in total. The first-order valence-corrected chi connectivity index (χ1v) is 5.26. The van der Waals surface area contributed by atoms with Crippen LogP contribution >= 0.6 is 0 Å². The smallest absolute Gasteiger partial charge is 0.0888 e. The number of hydrogen-bond acceptors (Lipinski definition) is 2. The van der Waals surface area contributed by atoms with E-state index in [0.717, 1.165) is 12.2 Å². The monoisotopic (exact) mass is 200 g/mol. The molecule has 0 aliphatic heterocycles. The topological polar surface area (TPSA) is 18.5 Å². The molecule has 2 unspecified atom stereocenters. The molecular formula is C12H24O2. The average Bonchev–Trinajstić information content (AvgIpc) is 2.13. The van der Waals surface area contributed by atoms with Crippen LogP contribution < -0.4 is 0 Å². The summed E-state index contributed by atoms with van der Waals surface area (Å²) in [5, 5.41) is 0. The van der Waals surface area contributed by atoms with Gasteiger partial charge in [0.25, 0.3) is 0 Å². The number of ether oxygens (including phenoxy) is 2. The van der Waals surface area contributed by atoms with E-state index in [1.165, 1.54) is 0 Å². The number of hydrogen-bond donors (Lipinski definition) is 0. The molecule has 2 heteroatoms. The Balaban J connectivity index is 4.23. The highest BCUT2D eigenvalue weighted by atomic mass is 16.5. The van der Waals surface area contributed by atoms with Crippen LogP contribution in [0.4, 0.5) is 0 Å². The highest BCUT2D eigenvalue weighted by Crippen LogP contribution is 2.18. The van der Waals surface area contributed by atoms with Gasteiger partial charge in [0.15, 0.2) is 0 Å². The van der Waals surface area contributed by atoms with Gasteiger partial charge in [-0.05, 0) is 25.3 Å². The first-order chi connectivity index (χ1) is 6.51. The van der Waals surface area contributed by atoms with E-state index in [-0.39, 0.29) is 0 Å². The normalized spacial score (nSPS) is 16.9. The summed E-state index contributed by atoms with van der Waals surface area (Å²) in [5.41, 5.74) is 0. The molecule has 0 aromatic carbocycles. The molecule has 0 saturated carbocycles. The van der Waals surface area contributed by atoms with E-state index in [4.69, 9.17) is 9.47 Å². The molecule has 0 saturated heterocycles. The summed E-state index contributed by atoms with van der Waals surface area (Å²) in [5.74, 6) is 2.03. The fourth-order valence-corrected chi connectivity index (χ4v) is 1.54. The molecule has 0 heterocycles. The molecule has 14 heavy (non-hydrogen) atoms. The van der Waals surface area contributed by atoms with Crippen LogP contribution in [0.5, 0.6) is 0 Å². The van der Waals surface area contributed by atoms with Gasteiger partial charge in [0.1, 0.15) is 0 Å². The van der Waals surface area contributed by atoms with Crippen LogP contribution in [0.2, 0.25) is 0 Å². The highest BCUT2D eigenvalue weighted by Gasteiger charge is 2.16. The standard InChI is InChI=1S/C12H24O2/c1-9(2)7-12(14-6)10(3)8-11(4)13-5/h8-10,12H,7H2,1-6H3. The van der Waals surface area contributed by atoms with Gasteiger partial charge >= 0.3 is 0 Å². The molecule has 0 bridgehead atoms. The molecule has 0 amide bonds. The molecule has 0 radical (unpaired) electrons. The molecule has 0 rings (SSSR count). The SMILES string of the molecule is COC(C)=CC(C)C(CC(C)C)OC. The Labute approximate surface area is 88.3 Å². The van der Waals surface area contributed by atoms with E-state index >= 15 is 0 Å². The van der Waals surface area contributed by atoms with Crippen LogP contribution in [0, 0.1) is 11.8 Å². The predicted octanol–water partition coefficient (Wildman–Crippen LogP) is 3.23. The second-order valence-corrected chi connectivity index (χ2v) is 4.24. The maximum Gasteiger partial charge on any atom is 0.0888 e. The van der Waals surface area contributed by atoms with Gasteiger partial charge in [-0.15, -0.1) is 0 Å². The van der Waals surface area contributed by atoms with Gasteiger partial charge in [-0.1, -0.05) is 20.8 Å². The number of allylic oxidation sites excluding steroid dienone is 1. The van der Waals surface area contributed by atoms with Gasteiger partial charge in [-0.2, -0.15) is 0 Å². The Morgan fingerprint density at radius 2 is 1.79 bits per heavy atom. The predicted molar refractivity (Wildman–Crippen MR) is 60.2 cm³/mol. The Bertz CT molecular complexity index is 173. The Hall–Kier alpha value is -0.500. The molecule has 0 aliphatic carbocycles. The van der Waals surface area contributed by atoms with Crippen molar-refractivity contribution < 1.29 is 9.47 Å². The van der Waals surface area contributed by atoms with Crippen molar-refractivity contribution in [1.82, 2.24) is 0 Å². The minimum absolute atomic E-state index is 0.292. The fourth-order valence-electron chi connectivity index (χ4n) is 1.54. The van der Waals surface area contributed by atoms with E-state index in [1.807, 2.05) is 6.92 Å². The lowest BCUT2D eigenvalue weighted by atomic mass is 9.95. The van der Waals surface area contributed by atoms with Crippen molar-refractivity contribution in [3.8, 4) is 0 Å². The number of rotatable bonds is 6. The van der Waals surface area contributed by atoms with E-state index in [1.54, 1.807) is 14.2 Å². The highest BCUT2D eigenvalue weighted by molar-refractivity contribution is 4.94. The van der Waals surface area contributed by atoms with Gasteiger partial charge < -0.3 is 9.47 Å². The summed E-state index contributed by atoms with van der Waals surface area (Å²) in [6, 6.07) is 0. The van der Waals surface area contributed by atoms with Crippen molar-refractivity contribution in [2.24, 2.45) is 11.8 Å². The molecule has 0 aromatic rings. The lowest BCUT2D eigenvalue weighted by molar-refractivity contribution is 0.0559. The maximum atomic E-state index is 5.47. The van der Waals surface area contributed by atoms with Crippen LogP contribution in [0.15, 0.2) is 11.8 Å². The summed E-state index contributed by atoms with van der Waals surface area (Å²) in [4.78, 5) is 0. The third-order valence-corrected chi connectivity index (χ3v) is 2.41. The van der Waals surface area contributed by atoms with Crippen LogP contribution in [-0.4, -0.2) is 20.3 Å². The first kappa shape index (κ1) is 13.5. The van der Waals surface area contributed by atoms with Crippen molar-refractivity contribution in [3.05, 3.63) is 11.8 Å². The van der Waals surface area contributed by atoms with Crippen molar-refractivity contribution in [2.45, 2.75) is 40.2 Å². The molecule has 2 atom stereocenters. The van der Waals surface area contributed by atoms with E-state index < -0.39 is 0 Å². The zero-order chi connectivity index (χ0) is 11.1. The molecule has 2 nitrogen and oxygen atoms in total. The van der Waals surface area contributed by atoms with Crippen LogP contribution in [-0.2, 0) is 9.47 Å². The summed E-state index contributed by atoms with van der Waals surface area (Å²) in [7, 11) is 3.47. The van der Waals surface area contributed by atoms with Gasteiger partial charge in [0.05, 0.1) is 19.0 Å². The van der Waals surface area contributed by atoms with Gasteiger partial charge in [0.2, 0.25) is 0 Å². The van der Waals surface area contributed by atoms with E-state index in [9.17, 15) is 0 Å². The molecule has 0 aromatic heterocycles. The summed E-state index contributed by atoms with van der Waals surface area (Å²) < 4.78 is 10.6. The van der Waals surface area contributed by atoms with Gasteiger partial charge in [-0.25, -0.2) is 0 Å². The van der Waals surface area contributed by atoms with Crippen LogP contribution in [0.3, 0.4) is 0 Å². The van der Waals surface area contributed by atoms with Crippen molar-refractivity contribution >= 4 is 0 Å². The van der Waals surface area contributed by atoms with E-state index in [0.29, 0.717) is 17.9 Å². The molecule has 84 valence electrons. The second-order valence-electron chi connectivity index (χ2n) is 4.24. The first-order valence-electron chi connectivity index (χ1n) is 5.26. The summed E-state index contributed by atoms with van der Waals surface area (Å²) in [6.07, 6.45) is 3.50. The Morgan fingerprint density at radius 1 is 1.21 bits per heavy atom. The molecule has 0 spiro atoms. The van der Waals surface area contributed by atoms with Gasteiger partial charge in [0, 0.05) is 13.0 Å². The van der Waals surface area contributed by atoms with Crippen molar-refractivity contribution in [2.75, 3.05) is 14.2 Å². The van der Waals surface area contributed by atoms with Crippen molar-refractivity contribution in [3.63, 3.8) is 0 Å². The maximum absolute atomic E-state index is 5.47. The molecule has 0 aliphatic rings. The van der Waals surface area contributed by atoms with Gasteiger partial charge in [-0.3, -0.25) is 0 Å². The quantitative estimate of drug-likeness (QED) is 0.613. The zero-order valence-corrected chi connectivity index (χ0v) is 10.3. The largest absolute Gasteiger partial charge is 0.502 e. The average molecular weight is 200 g/mol. The zero-order valence-electron chi connectivity index (χ0n) is 10.3. The Kier molecular flexibility index (Phi) is 6.64. The summed E-state index contributed by atoms with van der Waals surface area (Å²) >= 11 is 0. The second kappa shape index (κ2) is 6.88. The van der Waals surface area contributed by atoms with Crippen LogP contribution in [0.1, 0.15) is 34.1 Å². The minimum atomic E-state index is 0.292. The fraction of sp³-hybridized carbons (Fsp3) is 0.833. The van der Waals surface area contributed by atoms with E-state index in [2.05, 4.69) is 26.8 Å². The molecular weight excluding hydrogens is 176 g/mol. The third-order valence-electron chi connectivity index (χ3n) is 2.41.